The number of carbonyl (C=O) groups is 1. The molecule has 1 N–H and O–H groups in total. The molecule has 7 rings (SSSR count). The number of aryl methyl sites for hydroxylation is 4. The quantitative estimate of drug-likeness (QED) is 0.226. The van der Waals surface area contributed by atoms with Crippen LogP contribution in [-0.2, 0) is 30.4 Å². The zero-order chi connectivity index (χ0) is 32.6. The van der Waals surface area contributed by atoms with Crippen molar-refractivity contribution in [1.82, 2.24) is 15.2 Å². The van der Waals surface area contributed by atoms with Crippen LogP contribution in [-0.4, -0.2) is 49.3 Å². The van der Waals surface area contributed by atoms with E-state index >= 15 is 0 Å². The maximum Gasteiger partial charge on any atom is 0.409 e. The number of hydrogen-bond donors (Lipinski definition) is 1. The molecule has 0 radical (unpaired) electrons. The highest BCUT2D eigenvalue weighted by atomic mass is 35.5. The second-order valence-corrected chi connectivity index (χ2v) is 12.7. The Morgan fingerprint density at radius 1 is 0.830 bits per heavy atom. The molecule has 1 amide bonds. The van der Waals surface area contributed by atoms with Gasteiger partial charge in [0.25, 0.3) is 0 Å². The van der Waals surface area contributed by atoms with Gasteiger partial charge in [-0.3, -0.25) is 4.98 Å². The maximum atomic E-state index is 12.0. The smallest absolute Gasteiger partial charge is 0.409 e. The van der Waals surface area contributed by atoms with Crippen LogP contribution in [0.15, 0.2) is 96.7 Å². The number of nitrogens with zero attached hydrogens (tertiary/aromatic N) is 2. The Labute approximate surface area is 284 Å². The summed E-state index contributed by atoms with van der Waals surface area (Å²) < 4.78 is 5.15. The largest absolute Gasteiger partial charge is 0.450 e. The van der Waals surface area contributed by atoms with Gasteiger partial charge in [-0.25, -0.2) is 4.79 Å². The number of pyridine rings is 1. The second-order valence-electron chi connectivity index (χ2n) is 12.3. The van der Waals surface area contributed by atoms with Crippen molar-refractivity contribution in [1.29, 1.82) is 0 Å². The Kier molecular flexibility index (Phi) is 10.9. The lowest BCUT2D eigenvalue weighted by atomic mass is 9.88. The number of hydrogen-bond acceptors (Lipinski definition) is 4. The van der Waals surface area contributed by atoms with E-state index in [0.29, 0.717) is 19.7 Å². The standard InChI is InChI=1S/C22H23ClN2O2.C19H21N/c1-2-27-22(26)25-12-9-15(10-13-25)20-19-8-7-18(23)14-17(19)6-5-16-4-3-11-24-21(16)20;1-20-14-6-11-19-17-9-4-2-7-15(17)12-13-16-8-3-5-10-18(16)19/h3-4,7-8,11,14H,2,5-6,9-10,12-13H2,1H3;2-5,7-11,20H,6,12-14H2,1H3. The van der Waals surface area contributed by atoms with E-state index in [-0.39, 0.29) is 6.09 Å². The second kappa shape index (κ2) is 15.6. The van der Waals surface area contributed by atoms with Crippen LogP contribution in [0.3, 0.4) is 0 Å². The van der Waals surface area contributed by atoms with Crippen molar-refractivity contribution in [3.05, 3.63) is 146 Å². The molecule has 2 aliphatic carbocycles. The monoisotopic (exact) mass is 645 g/mol. The first-order chi connectivity index (χ1) is 23.1. The highest BCUT2D eigenvalue weighted by molar-refractivity contribution is 6.30. The number of amides is 1. The van der Waals surface area contributed by atoms with Crippen molar-refractivity contribution < 1.29 is 9.53 Å². The number of likely N-dealkylation sites (tertiary alicyclic amines) is 1. The van der Waals surface area contributed by atoms with Crippen LogP contribution in [0.5, 0.6) is 0 Å². The maximum absolute atomic E-state index is 12.0. The van der Waals surface area contributed by atoms with Gasteiger partial charge in [0, 0.05) is 29.9 Å². The number of benzene rings is 3. The number of piperidine rings is 1. The Morgan fingerprint density at radius 2 is 1.47 bits per heavy atom. The van der Waals surface area contributed by atoms with Crippen molar-refractivity contribution in [3.8, 4) is 0 Å². The molecule has 0 unspecified atom stereocenters. The number of halogens is 1. The summed E-state index contributed by atoms with van der Waals surface area (Å²) in [5, 5.41) is 4.00. The highest BCUT2D eigenvalue weighted by Crippen LogP contribution is 2.38. The van der Waals surface area contributed by atoms with Gasteiger partial charge in [-0.1, -0.05) is 83.9 Å². The van der Waals surface area contributed by atoms with Gasteiger partial charge in [-0.05, 0) is 128 Å². The molecular formula is C41H44ClN3O2. The van der Waals surface area contributed by atoms with E-state index in [9.17, 15) is 4.79 Å². The molecule has 2 heterocycles. The number of ether oxygens (including phenoxy) is 1. The van der Waals surface area contributed by atoms with E-state index in [2.05, 4.69) is 78.1 Å². The van der Waals surface area contributed by atoms with Gasteiger partial charge in [0.15, 0.2) is 0 Å². The molecule has 4 aromatic rings. The van der Waals surface area contributed by atoms with Crippen LogP contribution in [0.2, 0.25) is 5.02 Å². The third-order valence-corrected chi connectivity index (χ3v) is 9.63. The number of fused-ring (bicyclic) bond motifs is 4. The Morgan fingerprint density at radius 3 is 2.15 bits per heavy atom. The molecule has 1 fully saturated rings. The van der Waals surface area contributed by atoms with Crippen LogP contribution >= 0.6 is 11.6 Å². The summed E-state index contributed by atoms with van der Waals surface area (Å²) in [6.07, 6.45) is 11.0. The molecule has 0 atom stereocenters. The molecule has 0 saturated carbocycles. The number of aromatic nitrogens is 1. The lowest BCUT2D eigenvalue weighted by Crippen LogP contribution is -2.37. The third-order valence-electron chi connectivity index (χ3n) is 9.40. The third kappa shape index (κ3) is 7.53. The topological polar surface area (TPSA) is 54.5 Å². The molecule has 1 aliphatic heterocycles. The average Bonchev–Trinajstić information content (AvgIpc) is 3.37. The van der Waals surface area contributed by atoms with Crippen molar-refractivity contribution in [2.75, 3.05) is 33.3 Å². The van der Waals surface area contributed by atoms with Crippen molar-refractivity contribution >= 4 is 28.8 Å². The summed E-state index contributed by atoms with van der Waals surface area (Å²) in [4.78, 5) is 18.6. The molecular weight excluding hydrogens is 602 g/mol. The van der Waals surface area contributed by atoms with E-state index < -0.39 is 0 Å². The molecule has 5 nitrogen and oxygen atoms in total. The van der Waals surface area contributed by atoms with Gasteiger partial charge in [0.1, 0.15) is 0 Å². The molecule has 47 heavy (non-hydrogen) atoms. The Balaban J connectivity index is 0.000000172. The van der Waals surface area contributed by atoms with E-state index in [1.165, 1.54) is 55.7 Å². The van der Waals surface area contributed by atoms with Crippen molar-refractivity contribution in [2.24, 2.45) is 0 Å². The highest BCUT2D eigenvalue weighted by Gasteiger charge is 2.27. The van der Waals surface area contributed by atoms with Crippen molar-refractivity contribution in [3.63, 3.8) is 0 Å². The SMILES string of the molecule is CCOC(=O)N1CCC(=C2c3ccc(Cl)cc3CCc3cccnc32)CC1.CNCCC=C1c2ccccc2CCc2ccccc21. The zero-order valence-electron chi connectivity index (χ0n) is 27.5. The summed E-state index contributed by atoms with van der Waals surface area (Å²) in [6, 6.07) is 28.0. The lowest BCUT2D eigenvalue weighted by molar-refractivity contribution is 0.104. The van der Waals surface area contributed by atoms with E-state index in [1.54, 1.807) is 4.90 Å². The predicted octanol–water partition coefficient (Wildman–Crippen LogP) is 8.71. The van der Waals surface area contributed by atoms with Crippen LogP contribution in [0.1, 0.15) is 70.8 Å². The van der Waals surface area contributed by atoms with Gasteiger partial charge in [-0.15, -0.1) is 0 Å². The van der Waals surface area contributed by atoms with E-state index in [0.717, 1.165) is 62.2 Å². The zero-order valence-corrected chi connectivity index (χ0v) is 28.3. The normalized spacial score (nSPS) is 15.1. The van der Waals surface area contributed by atoms with Gasteiger partial charge in [0.05, 0.1) is 12.3 Å². The summed E-state index contributed by atoms with van der Waals surface area (Å²) in [7, 11) is 2.01. The van der Waals surface area contributed by atoms with Gasteiger partial charge >= 0.3 is 6.09 Å². The first-order valence-electron chi connectivity index (χ1n) is 17.0. The van der Waals surface area contributed by atoms with Crippen LogP contribution < -0.4 is 5.32 Å². The van der Waals surface area contributed by atoms with Gasteiger partial charge in [-0.2, -0.15) is 0 Å². The summed E-state index contributed by atoms with van der Waals surface area (Å²) in [6.45, 7) is 4.64. The fourth-order valence-corrected chi connectivity index (χ4v) is 7.25. The van der Waals surface area contributed by atoms with Crippen LogP contribution in [0.4, 0.5) is 4.79 Å². The first kappa shape index (κ1) is 32.7. The molecule has 0 spiro atoms. The molecule has 242 valence electrons. The minimum Gasteiger partial charge on any atom is -0.450 e. The molecule has 3 aromatic carbocycles. The summed E-state index contributed by atoms with van der Waals surface area (Å²) >= 11 is 6.27. The minimum atomic E-state index is -0.215. The molecule has 3 aliphatic rings. The molecule has 6 heteroatoms. The van der Waals surface area contributed by atoms with Crippen molar-refractivity contribution in [2.45, 2.75) is 51.9 Å². The Bertz CT molecular complexity index is 1730. The fraction of sp³-hybridized carbons (Fsp3) is 0.317. The van der Waals surface area contributed by atoms with E-state index in [1.807, 2.05) is 32.3 Å². The molecule has 1 aromatic heterocycles. The van der Waals surface area contributed by atoms with Crippen LogP contribution in [0.25, 0.3) is 11.1 Å². The minimum absolute atomic E-state index is 0.215. The molecule has 0 bridgehead atoms. The van der Waals surface area contributed by atoms with Gasteiger partial charge in [0.2, 0.25) is 0 Å². The fourth-order valence-electron chi connectivity index (χ4n) is 7.05. The van der Waals surface area contributed by atoms with Crippen LogP contribution in [0, 0.1) is 0 Å². The van der Waals surface area contributed by atoms with Gasteiger partial charge < -0.3 is 15.0 Å². The summed E-state index contributed by atoms with van der Waals surface area (Å²) in [5.41, 5.74) is 14.6. The first-order valence-corrected chi connectivity index (χ1v) is 17.3. The summed E-state index contributed by atoms with van der Waals surface area (Å²) in [5.74, 6) is 0. The predicted molar refractivity (Wildman–Crippen MR) is 193 cm³/mol. The van der Waals surface area contributed by atoms with E-state index in [4.69, 9.17) is 21.3 Å². The number of rotatable bonds is 4. The Hall–Kier alpha value is -4.19. The number of carbonyl (C=O) groups excluding carboxylic acids is 1. The number of nitrogens with one attached hydrogen (secondary N) is 1. The average molecular weight is 646 g/mol. The molecule has 1 saturated heterocycles. The lowest BCUT2D eigenvalue weighted by Gasteiger charge is -2.29.